The molecule has 5 rings (SSSR count). The number of hydrogen-bond donors (Lipinski definition) is 1. The SMILES string of the molecule is CC1(C)CC(=O)C2=C(C1)Nc1ccccc1N(C(=O)Cc1ccccc1)[C@@H]2c1cccc(F)c1. The third-order valence-electron chi connectivity index (χ3n) is 6.53. The molecule has 1 aliphatic carbocycles. The molecule has 0 radical (unpaired) electrons. The van der Waals surface area contributed by atoms with Gasteiger partial charge in [-0.25, -0.2) is 4.39 Å². The van der Waals surface area contributed by atoms with Crippen molar-refractivity contribution in [2.24, 2.45) is 5.41 Å². The van der Waals surface area contributed by atoms with Crippen molar-refractivity contribution in [3.8, 4) is 0 Å². The number of para-hydroxylation sites is 2. The molecule has 0 saturated carbocycles. The minimum Gasteiger partial charge on any atom is -0.357 e. The number of anilines is 2. The molecule has 2 aliphatic rings. The maximum atomic E-state index is 14.4. The molecule has 0 spiro atoms. The van der Waals surface area contributed by atoms with E-state index in [1.807, 2.05) is 54.6 Å². The third-order valence-corrected chi connectivity index (χ3v) is 6.53. The topological polar surface area (TPSA) is 49.4 Å². The Labute approximate surface area is 199 Å². The summed E-state index contributed by atoms with van der Waals surface area (Å²) in [5.74, 6) is -0.566. The molecule has 1 atom stereocenters. The molecule has 1 heterocycles. The molecule has 172 valence electrons. The zero-order chi connectivity index (χ0) is 23.9. The number of carbonyl (C=O) groups excluding carboxylic acids is 2. The van der Waals surface area contributed by atoms with Crippen LogP contribution in [0.25, 0.3) is 0 Å². The Balaban J connectivity index is 1.73. The molecule has 0 saturated heterocycles. The summed E-state index contributed by atoms with van der Waals surface area (Å²) in [6, 6.07) is 22.6. The molecule has 3 aromatic rings. The van der Waals surface area contributed by atoms with Crippen molar-refractivity contribution < 1.29 is 14.0 Å². The molecule has 0 unspecified atom stereocenters. The molecule has 0 fully saturated rings. The molecule has 0 bridgehead atoms. The third kappa shape index (κ3) is 4.14. The van der Waals surface area contributed by atoms with Gasteiger partial charge in [0.25, 0.3) is 0 Å². The highest BCUT2D eigenvalue weighted by atomic mass is 19.1. The number of rotatable bonds is 3. The highest BCUT2D eigenvalue weighted by Gasteiger charge is 2.43. The second-order valence-corrected chi connectivity index (χ2v) is 9.86. The summed E-state index contributed by atoms with van der Waals surface area (Å²) < 4.78 is 14.4. The van der Waals surface area contributed by atoms with E-state index >= 15 is 0 Å². The van der Waals surface area contributed by atoms with Crippen molar-refractivity contribution in [1.82, 2.24) is 0 Å². The van der Waals surface area contributed by atoms with Crippen LogP contribution in [0.5, 0.6) is 0 Å². The molecule has 34 heavy (non-hydrogen) atoms. The average molecular weight is 455 g/mol. The quantitative estimate of drug-likeness (QED) is 0.512. The standard InChI is InChI=1S/C29H27FN2O2/c1-29(2)17-23-27(25(33)18-29)28(20-11-8-12-21(30)16-20)32(24-14-7-6-13-22(24)31-23)26(34)15-19-9-4-3-5-10-19/h3-14,16,28,31H,15,17-18H2,1-2H3/t28-/m1/s1. The molecule has 0 aromatic heterocycles. The lowest BCUT2D eigenvalue weighted by atomic mass is 9.73. The first-order valence-corrected chi connectivity index (χ1v) is 11.6. The van der Waals surface area contributed by atoms with Crippen LogP contribution >= 0.6 is 0 Å². The highest BCUT2D eigenvalue weighted by Crippen LogP contribution is 2.48. The molecular weight excluding hydrogens is 427 g/mol. The number of carbonyl (C=O) groups is 2. The van der Waals surface area contributed by atoms with Crippen LogP contribution < -0.4 is 10.2 Å². The lowest BCUT2D eigenvalue weighted by molar-refractivity contribution is -0.119. The van der Waals surface area contributed by atoms with Gasteiger partial charge in [-0.05, 0) is 47.2 Å². The van der Waals surface area contributed by atoms with Gasteiger partial charge in [0.15, 0.2) is 5.78 Å². The molecule has 4 nitrogen and oxygen atoms in total. The molecule has 3 aromatic carbocycles. The summed E-state index contributed by atoms with van der Waals surface area (Å²) in [4.78, 5) is 29.2. The zero-order valence-electron chi connectivity index (χ0n) is 19.3. The Bertz CT molecular complexity index is 1300. The van der Waals surface area contributed by atoms with Crippen LogP contribution in [-0.2, 0) is 16.0 Å². The van der Waals surface area contributed by atoms with Crippen molar-refractivity contribution >= 4 is 23.1 Å². The lowest BCUT2D eigenvalue weighted by Crippen LogP contribution is -2.40. The Hall–Kier alpha value is -3.73. The number of hydrogen-bond acceptors (Lipinski definition) is 3. The smallest absolute Gasteiger partial charge is 0.232 e. The summed E-state index contributed by atoms with van der Waals surface area (Å²) in [5.41, 5.74) is 4.04. The predicted octanol–water partition coefficient (Wildman–Crippen LogP) is 6.21. The first kappa shape index (κ1) is 22.1. The van der Waals surface area contributed by atoms with Gasteiger partial charge in [-0.3, -0.25) is 14.5 Å². The summed E-state index contributed by atoms with van der Waals surface area (Å²) in [5, 5.41) is 3.48. The Morgan fingerprint density at radius 2 is 1.74 bits per heavy atom. The fourth-order valence-electron chi connectivity index (χ4n) is 5.11. The van der Waals surface area contributed by atoms with Crippen molar-refractivity contribution in [3.63, 3.8) is 0 Å². The first-order chi connectivity index (χ1) is 16.3. The van der Waals surface area contributed by atoms with Crippen LogP contribution in [0.3, 0.4) is 0 Å². The minimum atomic E-state index is -0.721. The van der Waals surface area contributed by atoms with E-state index in [1.165, 1.54) is 12.1 Å². The van der Waals surface area contributed by atoms with Crippen LogP contribution in [0.2, 0.25) is 0 Å². The molecular formula is C29H27FN2O2. The predicted molar refractivity (Wildman–Crippen MR) is 132 cm³/mol. The monoisotopic (exact) mass is 454 g/mol. The average Bonchev–Trinajstić information content (AvgIpc) is 2.93. The number of nitrogens with zero attached hydrogens (tertiary/aromatic N) is 1. The Kier molecular flexibility index (Phi) is 5.56. The second kappa shape index (κ2) is 8.56. The van der Waals surface area contributed by atoms with E-state index < -0.39 is 11.9 Å². The number of fused-ring (bicyclic) bond motifs is 1. The van der Waals surface area contributed by atoms with Crippen LogP contribution in [0, 0.1) is 11.2 Å². The second-order valence-electron chi connectivity index (χ2n) is 9.86. The largest absolute Gasteiger partial charge is 0.357 e. The fourth-order valence-corrected chi connectivity index (χ4v) is 5.11. The summed E-state index contributed by atoms with van der Waals surface area (Å²) in [6.45, 7) is 4.14. The number of halogens is 1. The maximum absolute atomic E-state index is 14.4. The van der Waals surface area contributed by atoms with Gasteiger partial charge in [-0.15, -0.1) is 0 Å². The number of benzene rings is 3. The zero-order valence-corrected chi connectivity index (χ0v) is 19.3. The minimum absolute atomic E-state index is 0.0154. The van der Waals surface area contributed by atoms with Gasteiger partial charge in [-0.1, -0.05) is 68.4 Å². The highest BCUT2D eigenvalue weighted by molar-refractivity contribution is 6.06. The van der Waals surface area contributed by atoms with Crippen molar-refractivity contribution in [2.45, 2.75) is 39.2 Å². The van der Waals surface area contributed by atoms with E-state index in [2.05, 4.69) is 19.2 Å². The van der Waals surface area contributed by atoms with Gasteiger partial charge in [0, 0.05) is 17.7 Å². The van der Waals surface area contributed by atoms with Gasteiger partial charge < -0.3 is 5.32 Å². The molecule has 1 aliphatic heterocycles. The Morgan fingerprint density at radius 3 is 2.50 bits per heavy atom. The summed E-state index contributed by atoms with van der Waals surface area (Å²) in [7, 11) is 0. The van der Waals surface area contributed by atoms with Gasteiger partial charge in [0.2, 0.25) is 5.91 Å². The summed E-state index contributed by atoms with van der Waals surface area (Å²) >= 11 is 0. The van der Waals surface area contributed by atoms with Gasteiger partial charge in [0.1, 0.15) is 5.82 Å². The van der Waals surface area contributed by atoms with Crippen molar-refractivity contribution in [2.75, 3.05) is 10.2 Å². The van der Waals surface area contributed by atoms with Gasteiger partial charge >= 0.3 is 0 Å². The normalized spacial score (nSPS) is 19.1. The van der Waals surface area contributed by atoms with Gasteiger partial charge in [-0.2, -0.15) is 0 Å². The van der Waals surface area contributed by atoms with Crippen LogP contribution in [0.4, 0.5) is 15.8 Å². The number of ketones is 1. The van der Waals surface area contributed by atoms with Crippen LogP contribution in [0.15, 0.2) is 90.1 Å². The Morgan fingerprint density at radius 1 is 1.00 bits per heavy atom. The van der Waals surface area contributed by atoms with Gasteiger partial charge in [0.05, 0.1) is 23.8 Å². The molecule has 1 N–H and O–H groups in total. The number of allylic oxidation sites excluding steroid dienone is 1. The van der Waals surface area contributed by atoms with Crippen LogP contribution in [-0.4, -0.2) is 11.7 Å². The van der Waals surface area contributed by atoms with E-state index in [1.54, 1.807) is 17.0 Å². The van der Waals surface area contributed by atoms with E-state index in [0.717, 1.165) is 16.9 Å². The van der Waals surface area contributed by atoms with E-state index in [-0.39, 0.29) is 23.5 Å². The van der Waals surface area contributed by atoms with E-state index in [4.69, 9.17) is 0 Å². The molecule has 1 amide bonds. The van der Waals surface area contributed by atoms with E-state index in [0.29, 0.717) is 29.7 Å². The maximum Gasteiger partial charge on any atom is 0.232 e. The van der Waals surface area contributed by atoms with Crippen molar-refractivity contribution in [1.29, 1.82) is 0 Å². The summed E-state index contributed by atoms with van der Waals surface area (Å²) in [6.07, 6.45) is 1.20. The first-order valence-electron chi connectivity index (χ1n) is 11.6. The number of nitrogens with one attached hydrogen (secondary N) is 1. The lowest BCUT2D eigenvalue weighted by Gasteiger charge is -2.37. The number of Topliss-reactive ketones (excluding diaryl/α,β-unsaturated/α-hetero) is 1. The molecule has 5 heteroatoms. The van der Waals surface area contributed by atoms with Crippen molar-refractivity contribution in [3.05, 3.63) is 107 Å². The number of amides is 1. The fraction of sp³-hybridized carbons (Fsp3) is 0.241. The van der Waals surface area contributed by atoms with E-state index in [9.17, 15) is 14.0 Å². The van der Waals surface area contributed by atoms with Crippen LogP contribution in [0.1, 0.15) is 43.9 Å².